The second kappa shape index (κ2) is 20.9. The number of hydrogen-bond acceptors (Lipinski definition) is 12. The second-order valence-electron chi connectivity index (χ2n) is 21.6. The molecule has 72 heavy (non-hydrogen) atoms. The van der Waals surface area contributed by atoms with Crippen LogP contribution in [0.25, 0.3) is 0 Å². The lowest BCUT2D eigenvalue weighted by atomic mass is 9.72. The van der Waals surface area contributed by atoms with E-state index in [0.717, 1.165) is 10.9 Å². The van der Waals surface area contributed by atoms with Crippen molar-refractivity contribution < 1.29 is 92.8 Å². The average molecular weight is 1050 g/mol. The molecule has 0 amide bonds. The van der Waals surface area contributed by atoms with E-state index in [1.54, 1.807) is 46.8 Å². The molecule has 1 aromatic rings. The van der Waals surface area contributed by atoms with Crippen LogP contribution in [0.3, 0.4) is 0 Å². The number of Topliss-reactive ketones (excluding diaryl/α,β-unsaturated/α-hetero) is 1. The number of rotatable bonds is 16. The van der Waals surface area contributed by atoms with E-state index in [1.165, 1.54) is 0 Å². The molecule has 1 aromatic heterocycles. The summed E-state index contributed by atoms with van der Waals surface area (Å²) in [6.45, 7) is 16.2. The fourth-order valence-corrected chi connectivity index (χ4v) is 12.2. The van der Waals surface area contributed by atoms with Gasteiger partial charge in [0.2, 0.25) is 0 Å². The van der Waals surface area contributed by atoms with Crippen molar-refractivity contribution in [2.75, 3.05) is 0 Å². The van der Waals surface area contributed by atoms with Gasteiger partial charge in [0, 0.05) is 30.1 Å². The van der Waals surface area contributed by atoms with Crippen LogP contribution in [0.1, 0.15) is 145 Å². The minimum atomic E-state index is -6.97. The molecule has 0 aromatic carbocycles. The zero-order valence-electron chi connectivity index (χ0n) is 42.4. The standard InChI is InChI=1S/C49H72F9N3O11/c1-11-32(41(64)65)34-15-14-25(4)39(69-34)29(8)37(62)28(7)38(63)33(12-2)40-26(5)22-27(6)44(70-40)19-16-35(45(72-44)21-20-42(10,71-45)36-17-18-43(66,13-3)30(9)68-36)61-23-31(59-60-61)24-67-46(47(50,51)52,48(53,54)55)49(56,57)58/h16,19,23,25-30,32-37,39-40,62,66H,11-15,17-18,20-22,24H2,1-10H3,(H,64,65)/t25-,26-,27+,28-,29-,30-,32+,33-,34+,35-,36+,37+,39+,40-,42-,43+,44-,45-/m0/s1. The number of alkyl halides is 9. The summed E-state index contributed by atoms with van der Waals surface area (Å²) in [7, 11) is 0. The Morgan fingerprint density at radius 2 is 1.49 bits per heavy atom. The molecule has 0 saturated carbocycles. The fraction of sp³-hybridized carbons (Fsp3) is 0.878. The van der Waals surface area contributed by atoms with Crippen LogP contribution in [0.4, 0.5) is 39.5 Å². The number of carbonyl (C=O) groups excluding carboxylic acids is 1. The normalized spacial score (nSPS) is 38.2. The van der Waals surface area contributed by atoms with Crippen LogP contribution in [-0.4, -0.2) is 126 Å². The molecule has 0 radical (unpaired) electrons. The molecule has 5 aliphatic heterocycles. The highest BCUT2D eigenvalue weighted by Gasteiger charge is 2.85. The number of aliphatic hydroxyl groups is 2. The zero-order valence-corrected chi connectivity index (χ0v) is 42.4. The number of carboxylic acid groups (broad SMARTS) is 1. The summed E-state index contributed by atoms with van der Waals surface area (Å²) in [5, 5.41) is 40.5. The molecule has 0 aliphatic carbocycles. The molecule has 412 valence electrons. The van der Waals surface area contributed by atoms with E-state index in [4.69, 9.17) is 23.7 Å². The summed E-state index contributed by atoms with van der Waals surface area (Å²) in [5.74, 6) is -8.47. The molecule has 0 bridgehead atoms. The highest BCUT2D eigenvalue weighted by atomic mass is 19.4. The van der Waals surface area contributed by atoms with Gasteiger partial charge < -0.3 is 43.7 Å². The van der Waals surface area contributed by atoms with Crippen molar-refractivity contribution in [3.05, 3.63) is 24.0 Å². The van der Waals surface area contributed by atoms with Gasteiger partial charge in [-0.25, -0.2) is 4.68 Å². The van der Waals surface area contributed by atoms with Gasteiger partial charge >= 0.3 is 30.1 Å². The summed E-state index contributed by atoms with van der Waals surface area (Å²) >= 11 is 0. The number of halogens is 9. The van der Waals surface area contributed by atoms with Crippen LogP contribution in [0.5, 0.6) is 0 Å². The smallest absolute Gasteiger partial charge is 0.435 e. The molecule has 6 rings (SSSR count). The maximum Gasteiger partial charge on any atom is 0.435 e. The molecule has 6 heterocycles. The number of carbonyl (C=O) groups is 2. The predicted molar refractivity (Wildman–Crippen MR) is 237 cm³/mol. The molecule has 5 aliphatic rings. The number of nitrogens with zero attached hydrogens (tertiary/aromatic N) is 3. The highest BCUT2D eigenvalue weighted by Crippen LogP contribution is 2.58. The molecular formula is C49H72F9N3O11. The fourth-order valence-electron chi connectivity index (χ4n) is 12.2. The molecule has 3 N–H and O–H groups in total. The maximum absolute atomic E-state index is 14.7. The second-order valence-corrected chi connectivity index (χ2v) is 21.6. The molecular weight excluding hydrogens is 978 g/mol. The molecule has 18 atom stereocenters. The Labute approximate surface area is 414 Å². The van der Waals surface area contributed by atoms with Crippen LogP contribution in [0, 0.1) is 41.4 Å². The first kappa shape index (κ1) is 58.3. The highest BCUT2D eigenvalue weighted by molar-refractivity contribution is 5.84. The Hall–Kier alpha value is -2.93. The van der Waals surface area contributed by atoms with Crippen molar-refractivity contribution in [1.82, 2.24) is 15.0 Å². The van der Waals surface area contributed by atoms with E-state index in [0.29, 0.717) is 44.9 Å². The van der Waals surface area contributed by atoms with Gasteiger partial charge in [0.25, 0.3) is 0 Å². The summed E-state index contributed by atoms with van der Waals surface area (Å²) in [5.41, 5.74) is -9.64. The Balaban J connectivity index is 1.31. The first-order valence-corrected chi connectivity index (χ1v) is 25.2. The van der Waals surface area contributed by atoms with Gasteiger partial charge in [0.1, 0.15) is 17.5 Å². The molecule has 0 unspecified atom stereocenters. The van der Waals surface area contributed by atoms with Crippen molar-refractivity contribution in [2.24, 2.45) is 41.4 Å². The third-order valence-corrected chi connectivity index (χ3v) is 16.9. The van der Waals surface area contributed by atoms with Crippen molar-refractivity contribution in [2.45, 2.75) is 230 Å². The van der Waals surface area contributed by atoms with Crippen LogP contribution >= 0.6 is 0 Å². The van der Waals surface area contributed by atoms with Crippen molar-refractivity contribution in [3.63, 3.8) is 0 Å². The van der Waals surface area contributed by atoms with E-state index in [-0.39, 0.29) is 36.9 Å². The van der Waals surface area contributed by atoms with Crippen molar-refractivity contribution >= 4 is 11.8 Å². The number of carboxylic acids is 1. The monoisotopic (exact) mass is 1050 g/mol. The van der Waals surface area contributed by atoms with Gasteiger partial charge in [-0.1, -0.05) is 66.7 Å². The SMILES string of the molecule is CC[C@@H](C(=O)[C@@H](C)[C@@H](O)[C@H](C)[C@@H]1O[C@@H]([C@@H](CC)C(=O)O)CC[C@@H]1C)[C@H]1O[C@]2(C=C[C@H](n3cc(COC(C(F)(F)F)(C(F)(F)F)C(F)(F)F)nn3)[C@]3(CC[C@@](C)([C@H]4CC[C@](O)(CC)[C@H](C)O4)O3)O2)[C@H](C)C[C@@H]1C. The number of ketones is 1. The lowest BCUT2D eigenvalue weighted by molar-refractivity contribution is -0.460. The van der Waals surface area contributed by atoms with E-state index in [2.05, 4.69) is 15.0 Å². The summed E-state index contributed by atoms with van der Waals surface area (Å²) in [6.07, 6.45) is -17.6. The largest absolute Gasteiger partial charge is 0.481 e. The molecule has 4 fully saturated rings. The van der Waals surface area contributed by atoms with Crippen LogP contribution in [-0.2, 0) is 44.6 Å². The van der Waals surface area contributed by atoms with Crippen LogP contribution in [0.2, 0.25) is 0 Å². The van der Waals surface area contributed by atoms with Crippen molar-refractivity contribution in [1.29, 1.82) is 0 Å². The number of ether oxygens (including phenoxy) is 6. The number of aliphatic hydroxyl groups excluding tert-OH is 1. The van der Waals surface area contributed by atoms with Gasteiger partial charge in [0.05, 0.1) is 66.5 Å². The van der Waals surface area contributed by atoms with Crippen LogP contribution < -0.4 is 0 Å². The van der Waals surface area contributed by atoms with Crippen molar-refractivity contribution in [3.8, 4) is 0 Å². The summed E-state index contributed by atoms with van der Waals surface area (Å²) in [6, 6.07) is -1.22. The molecule has 23 heteroatoms. The third kappa shape index (κ3) is 10.5. The Kier molecular flexibility index (Phi) is 16.9. The van der Waals surface area contributed by atoms with E-state index in [1.807, 2.05) is 34.6 Å². The quantitative estimate of drug-likeness (QED) is 0.105. The van der Waals surface area contributed by atoms with E-state index < -0.39 is 137 Å². The van der Waals surface area contributed by atoms with Gasteiger partial charge in [-0.3, -0.25) is 9.59 Å². The number of aromatic nitrogens is 3. The first-order valence-electron chi connectivity index (χ1n) is 25.2. The average Bonchev–Trinajstić information content (AvgIpc) is 3.89. The first-order chi connectivity index (χ1) is 33.2. The summed E-state index contributed by atoms with van der Waals surface area (Å²) in [4.78, 5) is 26.8. The molecule has 4 saturated heterocycles. The molecule has 14 nitrogen and oxygen atoms in total. The lowest BCUT2D eigenvalue weighted by Gasteiger charge is -2.55. The predicted octanol–water partition coefficient (Wildman–Crippen LogP) is 9.60. The van der Waals surface area contributed by atoms with Gasteiger partial charge in [0.15, 0.2) is 11.6 Å². The zero-order chi connectivity index (χ0) is 53.9. The van der Waals surface area contributed by atoms with Crippen LogP contribution in [0.15, 0.2) is 18.3 Å². The van der Waals surface area contributed by atoms with E-state index >= 15 is 0 Å². The Bertz CT molecular complexity index is 2060. The number of aliphatic carboxylic acids is 1. The summed E-state index contributed by atoms with van der Waals surface area (Å²) < 4.78 is 163. The maximum atomic E-state index is 14.7. The third-order valence-electron chi connectivity index (χ3n) is 16.9. The van der Waals surface area contributed by atoms with Gasteiger partial charge in [-0.2, -0.15) is 39.5 Å². The minimum Gasteiger partial charge on any atom is -0.481 e. The minimum absolute atomic E-state index is 0.0294. The van der Waals surface area contributed by atoms with Gasteiger partial charge in [-0.05, 0) is 89.5 Å². The van der Waals surface area contributed by atoms with E-state index in [9.17, 15) is 64.4 Å². The topological polar surface area (TPSA) is 181 Å². The molecule has 2 spiro atoms. The Morgan fingerprint density at radius 1 is 0.861 bits per heavy atom. The lowest BCUT2D eigenvalue weighted by Crippen LogP contribution is -2.67. The number of hydrogen-bond donors (Lipinski definition) is 3. The van der Waals surface area contributed by atoms with Gasteiger partial charge in [-0.15, -0.1) is 5.10 Å². The Morgan fingerprint density at radius 3 is 2.04 bits per heavy atom.